The third kappa shape index (κ3) is 3.96. The predicted molar refractivity (Wildman–Crippen MR) is 94.9 cm³/mol. The molecule has 2 unspecified atom stereocenters. The second-order valence-corrected chi connectivity index (χ2v) is 7.70. The SMILES string of the molecule is Cc1cc(-c2nc(C(C)S(=O)O)ncc2OCC2CC2)cn(C)c1=O. The van der Waals surface area contributed by atoms with Gasteiger partial charge in [0.2, 0.25) is 0 Å². The van der Waals surface area contributed by atoms with E-state index in [0.29, 0.717) is 35.1 Å². The Labute approximate surface area is 148 Å². The van der Waals surface area contributed by atoms with Crippen molar-refractivity contribution in [3.05, 3.63) is 40.2 Å². The van der Waals surface area contributed by atoms with Gasteiger partial charge in [0.25, 0.3) is 5.56 Å². The van der Waals surface area contributed by atoms with E-state index in [0.717, 1.165) is 12.8 Å². The summed E-state index contributed by atoms with van der Waals surface area (Å²) in [5, 5.41) is -0.718. The van der Waals surface area contributed by atoms with E-state index in [-0.39, 0.29) is 11.4 Å². The Hall–Kier alpha value is -2.06. The molecule has 0 spiro atoms. The highest BCUT2D eigenvalue weighted by molar-refractivity contribution is 7.79. The second kappa shape index (κ2) is 7.05. The first-order chi connectivity index (χ1) is 11.9. The Morgan fingerprint density at radius 1 is 1.48 bits per heavy atom. The molecular formula is C17H21N3O4S. The van der Waals surface area contributed by atoms with E-state index in [4.69, 9.17) is 4.74 Å². The minimum absolute atomic E-state index is 0.0803. The highest BCUT2D eigenvalue weighted by Crippen LogP contribution is 2.33. The molecule has 1 saturated carbocycles. The van der Waals surface area contributed by atoms with Crippen molar-refractivity contribution in [3.8, 4) is 17.0 Å². The summed E-state index contributed by atoms with van der Waals surface area (Å²) in [4.78, 5) is 20.6. The Morgan fingerprint density at radius 3 is 2.80 bits per heavy atom. The minimum Gasteiger partial charge on any atom is -0.489 e. The molecule has 0 saturated heterocycles. The average Bonchev–Trinajstić information content (AvgIpc) is 3.41. The van der Waals surface area contributed by atoms with Gasteiger partial charge in [-0.05, 0) is 38.7 Å². The van der Waals surface area contributed by atoms with Crippen molar-refractivity contribution in [3.63, 3.8) is 0 Å². The van der Waals surface area contributed by atoms with Crippen LogP contribution in [0.4, 0.5) is 0 Å². The summed E-state index contributed by atoms with van der Waals surface area (Å²) in [6.45, 7) is 3.93. The maximum Gasteiger partial charge on any atom is 0.253 e. The summed E-state index contributed by atoms with van der Waals surface area (Å²) in [6.07, 6.45) is 5.55. The van der Waals surface area contributed by atoms with Crippen LogP contribution in [0.5, 0.6) is 5.75 Å². The third-order valence-electron chi connectivity index (χ3n) is 4.25. The van der Waals surface area contributed by atoms with Gasteiger partial charge in [-0.25, -0.2) is 14.2 Å². The number of hydrogen-bond donors (Lipinski definition) is 1. The van der Waals surface area contributed by atoms with Gasteiger partial charge in [-0.2, -0.15) is 0 Å². The molecule has 2 heterocycles. The van der Waals surface area contributed by atoms with Crippen molar-refractivity contribution in [2.24, 2.45) is 13.0 Å². The largest absolute Gasteiger partial charge is 0.489 e. The lowest BCUT2D eigenvalue weighted by Gasteiger charge is -2.14. The van der Waals surface area contributed by atoms with Crippen LogP contribution < -0.4 is 10.3 Å². The van der Waals surface area contributed by atoms with Gasteiger partial charge in [0, 0.05) is 24.4 Å². The van der Waals surface area contributed by atoms with Gasteiger partial charge in [-0.3, -0.25) is 4.79 Å². The molecule has 0 bridgehead atoms. The molecule has 1 fully saturated rings. The van der Waals surface area contributed by atoms with Crippen LogP contribution in [-0.2, 0) is 18.1 Å². The normalized spacial score (nSPS) is 16.5. The summed E-state index contributed by atoms with van der Waals surface area (Å²) in [5.41, 5.74) is 1.75. The van der Waals surface area contributed by atoms with Gasteiger partial charge in [0.15, 0.2) is 16.8 Å². The molecule has 0 aromatic carbocycles. The Morgan fingerprint density at radius 2 is 2.20 bits per heavy atom. The zero-order chi connectivity index (χ0) is 18.1. The maximum atomic E-state index is 12.0. The third-order valence-corrected chi connectivity index (χ3v) is 5.06. The van der Waals surface area contributed by atoms with E-state index in [1.165, 1.54) is 4.57 Å². The monoisotopic (exact) mass is 363 g/mol. The minimum atomic E-state index is -2.07. The maximum absolute atomic E-state index is 12.0. The van der Waals surface area contributed by atoms with Crippen molar-refractivity contribution >= 4 is 11.1 Å². The van der Waals surface area contributed by atoms with Crippen molar-refractivity contribution in [2.75, 3.05) is 6.61 Å². The molecule has 7 nitrogen and oxygen atoms in total. The Kier molecular flexibility index (Phi) is 5.01. The van der Waals surface area contributed by atoms with Gasteiger partial charge in [0.1, 0.15) is 16.8 Å². The van der Waals surface area contributed by atoms with Crippen LogP contribution in [0.3, 0.4) is 0 Å². The first-order valence-electron chi connectivity index (χ1n) is 8.14. The van der Waals surface area contributed by atoms with Crippen LogP contribution in [-0.4, -0.2) is 29.9 Å². The van der Waals surface area contributed by atoms with Crippen molar-refractivity contribution in [2.45, 2.75) is 31.9 Å². The highest BCUT2D eigenvalue weighted by atomic mass is 32.2. The molecule has 1 aliphatic carbocycles. The molecule has 1 N–H and O–H groups in total. The highest BCUT2D eigenvalue weighted by Gasteiger charge is 2.24. The van der Waals surface area contributed by atoms with Gasteiger partial charge in [-0.15, -0.1) is 0 Å². The Bertz CT molecular complexity index is 850. The zero-order valence-corrected chi connectivity index (χ0v) is 15.2. The van der Waals surface area contributed by atoms with E-state index in [1.807, 2.05) is 0 Å². The summed E-state index contributed by atoms with van der Waals surface area (Å²) < 4.78 is 28.1. The van der Waals surface area contributed by atoms with E-state index < -0.39 is 16.3 Å². The quantitative estimate of drug-likeness (QED) is 0.791. The van der Waals surface area contributed by atoms with Crippen LogP contribution in [0.25, 0.3) is 11.3 Å². The predicted octanol–water partition coefficient (Wildman–Crippen LogP) is 2.22. The second-order valence-electron chi connectivity index (χ2n) is 6.44. The molecule has 8 heteroatoms. The van der Waals surface area contributed by atoms with Crippen molar-refractivity contribution < 1.29 is 13.5 Å². The van der Waals surface area contributed by atoms with Gasteiger partial charge < -0.3 is 13.9 Å². The zero-order valence-electron chi connectivity index (χ0n) is 14.4. The Balaban J connectivity index is 2.07. The number of nitrogens with zero attached hydrogens (tertiary/aromatic N) is 3. The first-order valence-corrected chi connectivity index (χ1v) is 9.31. The number of aryl methyl sites for hydroxylation is 2. The lowest BCUT2D eigenvalue weighted by molar-refractivity contribution is 0.298. The number of ether oxygens (including phenoxy) is 1. The van der Waals surface area contributed by atoms with E-state index in [1.54, 1.807) is 39.4 Å². The molecular weight excluding hydrogens is 342 g/mol. The number of aromatic nitrogens is 3. The fraction of sp³-hybridized carbons (Fsp3) is 0.471. The summed E-state index contributed by atoms with van der Waals surface area (Å²) in [7, 11) is 1.68. The van der Waals surface area contributed by atoms with E-state index in [2.05, 4.69) is 9.97 Å². The van der Waals surface area contributed by atoms with Gasteiger partial charge in [-0.1, -0.05) is 0 Å². The molecule has 0 radical (unpaired) electrons. The molecule has 25 heavy (non-hydrogen) atoms. The standard InChI is InChI=1S/C17H21N3O4S/c1-10-6-13(8-20(3)17(10)21)15-14(24-9-12-4-5-12)7-18-16(19-15)11(2)25(22)23/h6-8,11-12H,4-5,9H2,1-3H3,(H,22,23). The fourth-order valence-corrected chi connectivity index (χ4v) is 2.78. The van der Waals surface area contributed by atoms with E-state index >= 15 is 0 Å². The molecule has 3 rings (SSSR count). The van der Waals surface area contributed by atoms with Gasteiger partial charge >= 0.3 is 0 Å². The van der Waals surface area contributed by atoms with Crippen molar-refractivity contribution in [1.82, 2.24) is 14.5 Å². The van der Waals surface area contributed by atoms with Crippen LogP contribution in [0.15, 0.2) is 23.3 Å². The summed E-state index contributed by atoms with van der Waals surface area (Å²) in [5.74, 6) is 1.35. The molecule has 2 aromatic heterocycles. The van der Waals surface area contributed by atoms with Gasteiger partial charge in [0.05, 0.1) is 12.8 Å². The fourth-order valence-electron chi connectivity index (χ4n) is 2.48. The van der Waals surface area contributed by atoms with E-state index in [9.17, 15) is 13.6 Å². The molecule has 2 aromatic rings. The molecule has 1 aliphatic rings. The lowest BCUT2D eigenvalue weighted by atomic mass is 10.1. The van der Waals surface area contributed by atoms with Crippen molar-refractivity contribution in [1.29, 1.82) is 0 Å². The lowest BCUT2D eigenvalue weighted by Crippen LogP contribution is -2.19. The molecule has 2 atom stereocenters. The van der Waals surface area contributed by atoms with Crippen LogP contribution in [0.1, 0.15) is 36.4 Å². The average molecular weight is 363 g/mol. The van der Waals surface area contributed by atoms with Crippen LogP contribution >= 0.6 is 0 Å². The number of rotatable bonds is 6. The topological polar surface area (TPSA) is 94.3 Å². The number of pyridine rings is 1. The number of hydrogen-bond acceptors (Lipinski definition) is 5. The van der Waals surface area contributed by atoms with Crippen LogP contribution in [0, 0.1) is 12.8 Å². The summed E-state index contributed by atoms with van der Waals surface area (Å²) >= 11 is -2.07. The first kappa shape index (κ1) is 17.8. The smallest absolute Gasteiger partial charge is 0.253 e. The van der Waals surface area contributed by atoms with Crippen LogP contribution in [0.2, 0.25) is 0 Å². The molecule has 134 valence electrons. The summed E-state index contributed by atoms with van der Waals surface area (Å²) in [6, 6.07) is 1.75. The molecule has 0 amide bonds. The molecule has 0 aliphatic heterocycles.